The molecule has 1 aromatic heterocycles. The van der Waals surface area contributed by atoms with Gasteiger partial charge < -0.3 is 5.73 Å². The first kappa shape index (κ1) is 13.7. The number of benzene rings is 2. The number of hydrogen-bond acceptors (Lipinski definition) is 3. The summed E-state index contributed by atoms with van der Waals surface area (Å²) >= 11 is 4.78. The number of halogens is 2. The smallest absolute Gasteiger partial charge is 0.137 e. The molecule has 0 saturated heterocycles. The number of para-hydroxylation sites is 1. The van der Waals surface area contributed by atoms with Crippen molar-refractivity contribution < 1.29 is 4.39 Å². The van der Waals surface area contributed by atoms with Gasteiger partial charge in [0.05, 0.1) is 19.7 Å². The minimum Gasteiger partial charge on any atom is -0.324 e. The molecular weight excluding hydrogens is 339 g/mol. The van der Waals surface area contributed by atoms with E-state index < -0.39 is 0 Å². The van der Waals surface area contributed by atoms with Gasteiger partial charge in [-0.15, -0.1) is 11.3 Å². The van der Waals surface area contributed by atoms with Gasteiger partial charge in [-0.1, -0.05) is 18.2 Å². The zero-order valence-corrected chi connectivity index (χ0v) is 12.9. The number of aromatic nitrogens is 1. The molecule has 0 saturated carbocycles. The minimum atomic E-state index is -0.290. The van der Waals surface area contributed by atoms with E-state index in [4.69, 9.17) is 5.73 Å². The van der Waals surface area contributed by atoms with Crippen LogP contribution in [0.2, 0.25) is 0 Å². The molecule has 0 spiro atoms. The SMILES string of the molecule is NC(Cc1nc2ccccc2s1)c1ccc(Br)c(F)c1. The predicted molar refractivity (Wildman–Crippen MR) is 84.4 cm³/mol. The molecule has 0 aliphatic carbocycles. The molecule has 20 heavy (non-hydrogen) atoms. The number of nitrogens with zero attached hydrogens (tertiary/aromatic N) is 1. The van der Waals surface area contributed by atoms with Gasteiger partial charge in [0.25, 0.3) is 0 Å². The van der Waals surface area contributed by atoms with Crippen molar-refractivity contribution >= 4 is 37.5 Å². The van der Waals surface area contributed by atoms with E-state index >= 15 is 0 Å². The van der Waals surface area contributed by atoms with Gasteiger partial charge in [0, 0.05) is 12.5 Å². The van der Waals surface area contributed by atoms with Crippen LogP contribution in [-0.4, -0.2) is 4.98 Å². The lowest BCUT2D eigenvalue weighted by Crippen LogP contribution is -2.13. The van der Waals surface area contributed by atoms with Crippen LogP contribution in [0.4, 0.5) is 4.39 Å². The van der Waals surface area contributed by atoms with Crippen LogP contribution in [0.5, 0.6) is 0 Å². The summed E-state index contributed by atoms with van der Waals surface area (Å²) in [6.07, 6.45) is 0.612. The molecule has 1 atom stereocenters. The van der Waals surface area contributed by atoms with E-state index in [2.05, 4.69) is 20.9 Å². The Balaban J connectivity index is 1.84. The van der Waals surface area contributed by atoms with Crippen LogP contribution in [0.1, 0.15) is 16.6 Å². The van der Waals surface area contributed by atoms with Gasteiger partial charge in [-0.3, -0.25) is 0 Å². The Morgan fingerprint density at radius 1 is 1.25 bits per heavy atom. The zero-order chi connectivity index (χ0) is 14.1. The highest BCUT2D eigenvalue weighted by atomic mass is 79.9. The van der Waals surface area contributed by atoms with E-state index in [1.807, 2.05) is 30.3 Å². The van der Waals surface area contributed by atoms with Gasteiger partial charge in [-0.2, -0.15) is 0 Å². The highest BCUT2D eigenvalue weighted by molar-refractivity contribution is 9.10. The maximum atomic E-state index is 13.5. The Hall–Kier alpha value is -1.30. The fraction of sp³-hybridized carbons (Fsp3) is 0.133. The quantitative estimate of drug-likeness (QED) is 0.758. The van der Waals surface area contributed by atoms with Crippen molar-refractivity contribution in [3.63, 3.8) is 0 Å². The summed E-state index contributed by atoms with van der Waals surface area (Å²) in [6, 6.07) is 12.7. The van der Waals surface area contributed by atoms with Gasteiger partial charge in [0.1, 0.15) is 5.82 Å². The third-order valence-electron chi connectivity index (χ3n) is 3.10. The van der Waals surface area contributed by atoms with E-state index in [0.717, 1.165) is 20.8 Å². The summed E-state index contributed by atoms with van der Waals surface area (Å²) in [4.78, 5) is 4.55. The minimum absolute atomic E-state index is 0.252. The molecule has 1 heterocycles. The van der Waals surface area contributed by atoms with Gasteiger partial charge in [0.2, 0.25) is 0 Å². The van der Waals surface area contributed by atoms with Crippen LogP contribution in [0.25, 0.3) is 10.2 Å². The normalized spacial score (nSPS) is 12.8. The fourth-order valence-electron chi connectivity index (χ4n) is 2.06. The van der Waals surface area contributed by atoms with Crippen LogP contribution in [0.3, 0.4) is 0 Å². The number of nitrogens with two attached hydrogens (primary N) is 1. The van der Waals surface area contributed by atoms with Gasteiger partial charge in [-0.05, 0) is 45.8 Å². The first-order chi connectivity index (χ1) is 9.63. The third-order valence-corrected chi connectivity index (χ3v) is 4.81. The molecule has 2 aromatic carbocycles. The molecule has 2 nitrogen and oxygen atoms in total. The Kier molecular flexibility index (Phi) is 3.83. The molecule has 0 aliphatic heterocycles. The number of fused-ring (bicyclic) bond motifs is 1. The fourth-order valence-corrected chi connectivity index (χ4v) is 3.33. The van der Waals surface area contributed by atoms with E-state index in [1.54, 1.807) is 17.4 Å². The standard InChI is InChI=1S/C15H12BrFN2S/c16-10-6-5-9(7-11(10)17)12(18)8-15-19-13-3-1-2-4-14(13)20-15/h1-7,12H,8,18H2. The largest absolute Gasteiger partial charge is 0.324 e. The summed E-state index contributed by atoms with van der Waals surface area (Å²) in [5, 5.41) is 0.974. The molecule has 3 rings (SSSR count). The molecule has 5 heteroatoms. The van der Waals surface area contributed by atoms with E-state index in [-0.39, 0.29) is 11.9 Å². The summed E-state index contributed by atoms with van der Waals surface area (Å²) in [6.45, 7) is 0. The zero-order valence-electron chi connectivity index (χ0n) is 10.5. The molecule has 0 aliphatic rings. The van der Waals surface area contributed by atoms with Crippen molar-refractivity contribution in [1.82, 2.24) is 4.98 Å². The summed E-state index contributed by atoms with van der Waals surface area (Å²) in [7, 11) is 0. The lowest BCUT2D eigenvalue weighted by atomic mass is 10.1. The van der Waals surface area contributed by atoms with Crippen molar-refractivity contribution in [1.29, 1.82) is 0 Å². The monoisotopic (exact) mass is 350 g/mol. The Morgan fingerprint density at radius 3 is 2.80 bits per heavy atom. The number of rotatable bonds is 3. The van der Waals surface area contributed by atoms with Gasteiger partial charge in [-0.25, -0.2) is 9.37 Å². The summed E-state index contributed by atoms with van der Waals surface area (Å²) in [5.41, 5.74) is 7.92. The Morgan fingerprint density at radius 2 is 2.05 bits per heavy atom. The molecule has 0 bridgehead atoms. The van der Waals surface area contributed by atoms with Crippen molar-refractivity contribution in [2.24, 2.45) is 5.73 Å². The van der Waals surface area contributed by atoms with Gasteiger partial charge in [0.15, 0.2) is 0 Å². The first-order valence-corrected chi connectivity index (χ1v) is 7.79. The topological polar surface area (TPSA) is 38.9 Å². The number of thiazole rings is 1. The van der Waals surface area contributed by atoms with Crippen LogP contribution < -0.4 is 5.73 Å². The highest BCUT2D eigenvalue weighted by Gasteiger charge is 2.12. The second kappa shape index (κ2) is 5.60. The average Bonchev–Trinajstić information content (AvgIpc) is 2.83. The molecule has 2 N–H and O–H groups in total. The molecule has 1 unspecified atom stereocenters. The summed E-state index contributed by atoms with van der Waals surface area (Å²) in [5.74, 6) is -0.290. The Labute approximate surface area is 128 Å². The highest BCUT2D eigenvalue weighted by Crippen LogP contribution is 2.26. The molecule has 0 fully saturated rings. The molecule has 0 amide bonds. The van der Waals surface area contributed by atoms with Crippen LogP contribution in [-0.2, 0) is 6.42 Å². The van der Waals surface area contributed by atoms with Crippen molar-refractivity contribution in [3.8, 4) is 0 Å². The first-order valence-electron chi connectivity index (χ1n) is 6.18. The molecule has 0 radical (unpaired) electrons. The van der Waals surface area contributed by atoms with Gasteiger partial charge >= 0.3 is 0 Å². The lowest BCUT2D eigenvalue weighted by Gasteiger charge is -2.10. The maximum absolute atomic E-state index is 13.5. The Bertz CT molecular complexity index is 723. The van der Waals surface area contributed by atoms with E-state index in [0.29, 0.717) is 10.9 Å². The van der Waals surface area contributed by atoms with Crippen LogP contribution in [0, 0.1) is 5.82 Å². The molecule has 3 aromatic rings. The maximum Gasteiger partial charge on any atom is 0.137 e. The average molecular weight is 351 g/mol. The predicted octanol–water partition coefficient (Wildman–Crippen LogP) is 4.44. The van der Waals surface area contributed by atoms with Crippen molar-refractivity contribution in [2.45, 2.75) is 12.5 Å². The van der Waals surface area contributed by atoms with Crippen LogP contribution >= 0.6 is 27.3 Å². The lowest BCUT2D eigenvalue weighted by molar-refractivity contribution is 0.612. The van der Waals surface area contributed by atoms with Crippen molar-refractivity contribution in [2.75, 3.05) is 0 Å². The van der Waals surface area contributed by atoms with E-state index in [9.17, 15) is 4.39 Å². The van der Waals surface area contributed by atoms with Crippen molar-refractivity contribution in [3.05, 3.63) is 63.3 Å². The van der Waals surface area contributed by atoms with Crippen LogP contribution in [0.15, 0.2) is 46.9 Å². The van der Waals surface area contributed by atoms with E-state index in [1.165, 1.54) is 6.07 Å². The summed E-state index contributed by atoms with van der Waals surface area (Å²) < 4.78 is 15.1. The second-order valence-corrected chi connectivity index (χ2v) is 6.53. The third kappa shape index (κ3) is 2.75. The molecular formula is C15H12BrFN2S. The molecule has 102 valence electrons. The number of hydrogen-bond donors (Lipinski definition) is 1. The second-order valence-electron chi connectivity index (χ2n) is 4.56.